The van der Waals surface area contributed by atoms with E-state index in [1.165, 1.54) is 0 Å². The second-order valence-electron chi connectivity index (χ2n) is 5.62. The van der Waals surface area contributed by atoms with E-state index in [2.05, 4.69) is 0 Å². The van der Waals surface area contributed by atoms with Crippen LogP contribution >= 0.6 is 11.6 Å². The van der Waals surface area contributed by atoms with Crippen LogP contribution in [0.25, 0.3) is 0 Å². The van der Waals surface area contributed by atoms with E-state index in [0.29, 0.717) is 0 Å². The Hall–Kier alpha value is -2.17. The lowest BCUT2D eigenvalue weighted by atomic mass is 10.1. The van der Waals surface area contributed by atoms with Crippen LogP contribution in [0.1, 0.15) is 6.92 Å². The first-order valence-corrected chi connectivity index (χ1v) is 9.03. The van der Waals surface area contributed by atoms with Crippen molar-refractivity contribution in [3.8, 4) is 0 Å². The molecular formula is C16H12ClF4NO4S. The average Bonchev–Trinajstić information content (AvgIpc) is 2.55. The van der Waals surface area contributed by atoms with Gasteiger partial charge < -0.3 is 10.4 Å². The van der Waals surface area contributed by atoms with Gasteiger partial charge in [0.15, 0.2) is 0 Å². The summed E-state index contributed by atoms with van der Waals surface area (Å²) < 4.78 is 75.9. The molecule has 0 bridgehead atoms. The number of carbonyl (C=O) groups is 1. The molecule has 0 aliphatic heterocycles. The van der Waals surface area contributed by atoms with E-state index in [0.717, 1.165) is 42.5 Å². The molecule has 0 fully saturated rings. The molecule has 146 valence electrons. The Bertz CT molecular complexity index is 973. The molecule has 1 amide bonds. The van der Waals surface area contributed by atoms with Gasteiger partial charge in [0.2, 0.25) is 15.4 Å². The molecule has 11 heteroatoms. The lowest BCUT2D eigenvalue weighted by Crippen LogP contribution is -2.52. The van der Waals surface area contributed by atoms with Gasteiger partial charge >= 0.3 is 6.18 Å². The summed E-state index contributed by atoms with van der Waals surface area (Å²) in [5.74, 6) is -2.42. The minimum absolute atomic E-state index is 0.225. The molecule has 0 unspecified atom stereocenters. The van der Waals surface area contributed by atoms with Gasteiger partial charge in [-0.1, -0.05) is 11.6 Å². The van der Waals surface area contributed by atoms with Crippen molar-refractivity contribution in [1.29, 1.82) is 0 Å². The largest absolute Gasteiger partial charge is 0.426 e. The molecule has 5 nitrogen and oxygen atoms in total. The highest BCUT2D eigenvalue weighted by molar-refractivity contribution is 7.91. The van der Waals surface area contributed by atoms with Gasteiger partial charge in [-0.25, -0.2) is 12.8 Å². The Morgan fingerprint density at radius 2 is 1.59 bits per heavy atom. The maximum atomic E-state index is 12.9. The van der Waals surface area contributed by atoms with Crippen LogP contribution in [-0.2, 0) is 14.6 Å². The summed E-state index contributed by atoms with van der Waals surface area (Å²) in [5.41, 5.74) is -4.00. The smallest absolute Gasteiger partial charge is 0.373 e. The number of hydrogen-bond donors (Lipinski definition) is 2. The Morgan fingerprint density at radius 3 is 2.07 bits per heavy atom. The molecular weight excluding hydrogens is 414 g/mol. The number of rotatable bonds is 4. The first-order valence-electron chi connectivity index (χ1n) is 7.17. The van der Waals surface area contributed by atoms with Gasteiger partial charge in [-0.2, -0.15) is 13.2 Å². The molecule has 0 radical (unpaired) electrons. The lowest BCUT2D eigenvalue weighted by Gasteiger charge is -2.25. The highest BCUT2D eigenvalue weighted by Crippen LogP contribution is 2.33. The third-order valence-corrected chi connectivity index (χ3v) is 5.70. The molecule has 0 aromatic heterocycles. The number of amides is 1. The maximum Gasteiger partial charge on any atom is 0.426 e. The number of aliphatic hydroxyl groups is 1. The summed E-state index contributed by atoms with van der Waals surface area (Å²) in [7, 11) is -4.07. The van der Waals surface area contributed by atoms with Gasteiger partial charge in [0, 0.05) is 0 Å². The first kappa shape index (κ1) is 21.1. The quantitative estimate of drug-likeness (QED) is 0.579. The normalized spacial score (nSPS) is 14.5. The third-order valence-electron chi connectivity index (χ3n) is 3.62. The SMILES string of the molecule is C[C@@](O)(C(=O)Nc1ccc(S(=O)(=O)c2ccc(F)cc2)cc1Cl)C(F)(F)F. The van der Waals surface area contributed by atoms with Gasteiger partial charge in [0.1, 0.15) is 5.82 Å². The van der Waals surface area contributed by atoms with E-state index in [-0.39, 0.29) is 27.4 Å². The zero-order chi connectivity index (χ0) is 20.6. The van der Waals surface area contributed by atoms with E-state index >= 15 is 0 Å². The van der Waals surface area contributed by atoms with Crippen LogP contribution in [0.3, 0.4) is 0 Å². The van der Waals surface area contributed by atoms with Crippen molar-refractivity contribution in [2.75, 3.05) is 5.32 Å². The number of halogens is 5. The Kier molecular flexibility index (Phi) is 5.56. The van der Waals surface area contributed by atoms with E-state index in [9.17, 15) is 35.9 Å². The van der Waals surface area contributed by atoms with Crippen LogP contribution < -0.4 is 5.32 Å². The second kappa shape index (κ2) is 7.10. The predicted octanol–water partition coefficient (Wildman–Crippen LogP) is 3.56. The van der Waals surface area contributed by atoms with Crippen molar-refractivity contribution in [2.24, 2.45) is 0 Å². The molecule has 27 heavy (non-hydrogen) atoms. The summed E-state index contributed by atoms with van der Waals surface area (Å²) >= 11 is 5.85. The summed E-state index contributed by atoms with van der Waals surface area (Å²) in [4.78, 5) is 11.1. The fourth-order valence-electron chi connectivity index (χ4n) is 1.89. The van der Waals surface area contributed by atoms with Gasteiger partial charge in [-0.05, 0) is 49.4 Å². The van der Waals surface area contributed by atoms with Crippen molar-refractivity contribution in [1.82, 2.24) is 0 Å². The minimum atomic E-state index is -5.23. The second-order valence-corrected chi connectivity index (χ2v) is 7.98. The van der Waals surface area contributed by atoms with Gasteiger partial charge in [0.25, 0.3) is 5.91 Å². The van der Waals surface area contributed by atoms with Crippen molar-refractivity contribution >= 4 is 33.0 Å². The fourth-order valence-corrected chi connectivity index (χ4v) is 3.47. The van der Waals surface area contributed by atoms with E-state index in [1.54, 1.807) is 5.32 Å². The first-order chi connectivity index (χ1) is 12.3. The van der Waals surface area contributed by atoms with Crippen molar-refractivity contribution in [2.45, 2.75) is 28.5 Å². The average molecular weight is 426 g/mol. The number of benzene rings is 2. The number of alkyl halides is 3. The zero-order valence-corrected chi connectivity index (χ0v) is 15.1. The van der Waals surface area contributed by atoms with Gasteiger partial charge in [-0.15, -0.1) is 0 Å². The summed E-state index contributed by atoms with van der Waals surface area (Å²) in [6, 6.07) is 6.86. The highest BCUT2D eigenvalue weighted by atomic mass is 35.5. The minimum Gasteiger partial charge on any atom is -0.373 e. The van der Waals surface area contributed by atoms with E-state index in [4.69, 9.17) is 11.6 Å². The number of carbonyl (C=O) groups excluding carboxylic acids is 1. The van der Waals surface area contributed by atoms with Gasteiger partial charge in [-0.3, -0.25) is 4.79 Å². The van der Waals surface area contributed by atoms with E-state index < -0.39 is 33.3 Å². The molecule has 2 aromatic rings. The molecule has 0 heterocycles. The third kappa shape index (κ3) is 4.23. The predicted molar refractivity (Wildman–Crippen MR) is 88.6 cm³/mol. The topological polar surface area (TPSA) is 83.5 Å². The Balaban J connectivity index is 2.33. The van der Waals surface area contributed by atoms with Crippen LogP contribution in [0.4, 0.5) is 23.2 Å². The lowest BCUT2D eigenvalue weighted by molar-refractivity contribution is -0.242. The van der Waals surface area contributed by atoms with Crippen molar-refractivity contribution in [3.63, 3.8) is 0 Å². The molecule has 0 aliphatic rings. The Morgan fingerprint density at radius 1 is 1.07 bits per heavy atom. The van der Waals surface area contributed by atoms with Gasteiger partial charge in [0.05, 0.1) is 20.5 Å². The molecule has 1 atom stereocenters. The molecule has 0 aliphatic carbocycles. The maximum absolute atomic E-state index is 12.9. The molecule has 0 spiro atoms. The monoisotopic (exact) mass is 425 g/mol. The zero-order valence-electron chi connectivity index (χ0n) is 13.5. The van der Waals surface area contributed by atoms with Crippen LogP contribution in [0.15, 0.2) is 52.3 Å². The summed E-state index contributed by atoms with van der Waals surface area (Å²) in [6.07, 6.45) is -5.23. The molecule has 0 saturated heterocycles. The number of nitrogens with one attached hydrogen (secondary N) is 1. The van der Waals surface area contributed by atoms with Crippen LogP contribution in [0, 0.1) is 5.82 Å². The summed E-state index contributed by atoms with van der Waals surface area (Å²) in [5, 5.41) is 10.7. The highest BCUT2D eigenvalue weighted by Gasteiger charge is 2.55. The number of hydrogen-bond acceptors (Lipinski definition) is 4. The number of anilines is 1. The van der Waals surface area contributed by atoms with Crippen LogP contribution in [0.5, 0.6) is 0 Å². The van der Waals surface area contributed by atoms with E-state index in [1.807, 2.05) is 0 Å². The fraction of sp³-hybridized carbons (Fsp3) is 0.188. The molecule has 2 N–H and O–H groups in total. The summed E-state index contributed by atoms with van der Waals surface area (Å²) in [6.45, 7) is 0.267. The Labute approximate surface area is 156 Å². The number of sulfone groups is 1. The van der Waals surface area contributed by atoms with Crippen LogP contribution in [-0.4, -0.2) is 31.2 Å². The molecule has 2 aromatic carbocycles. The molecule has 0 saturated carbocycles. The van der Waals surface area contributed by atoms with Crippen molar-refractivity contribution in [3.05, 3.63) is 53.3 Å². The molecule has 2 rings (SSSR count). The standard InChI is InChI=1S/C16H12ClF4NO4S/c1-15(24,16(19,20)21)14(23)22-13-7-6-11(8-12(13)17)27(25,26)10-4-2-9(18)3-5-10/h2-8,24H,1H3,(H,22,23)/t15-/m1/s1. The van der Waals surface area contributed by atoms with Crippen LogP contribution in [0.2, 0.25) is 5.02 Å². The van der Waals surface area contributed by atoms with Crippen molar-refractivity contribution < 1.29 is 35.9 Å².